The maximum Gasteiger partial charge on any atom is 0.251 e. The summed E-state index contributed by atoms with van der Waals surface area (Å²) in [6.07, 6.45) is 2.59. The summed E-state index contributed by atoms with van der Waals surface area (Å²) in [7, 11) is -3.42. The Morgan fingerprint density at radius 2 is 1.86 bits per heavy atom. The van der Waals surface area contributed by atoms with E-state index in [1.165, 1.54) is 30.3 Å². The summed E-state index contributed by atoms with van der Waals surface area (Å²) in [6, 6.07) is 15.1. The fourth-order valence-corrected chi connectivity index (χ4v) is 2.98. The molecular weight excluding hydrogens is 397 g/mol. The lowest BCUT2D eigenvalue weighted by atomic mass is 10.2. The number of nitrogens with zero attached hydrogens (tertiary/aromatic N) is 1. The Hall–Kier alpha value is -3.46. The van der Waals surface area contributed by atoms with Gasteiger partial charge in [-0.1, -0.05) is 12.1 Å². The van der Waals surface area contributed by atoms with Crippen LogP contribution in [0.5, 0.6) is 11.6 Å². The van der Waals surface area contributed by atoms with Gasteiger partial charge in [0, 0.05) is 30.1 Å². The molecule has 0 spiro atoms. The summed E-state index contributed by atoms with van der Waals surface area (Å²) in [5.74, 6) is 0.0941. The maximum atomic E-state index is 12.9. The van der Waals surface area contributed by atoms with Crippen molar-refractivity contribution in [1.82, 2.24) is 10.3 Å². The standard InChI is InChI=1S/C20H18FN3O4S/c1-29(26,27)24-17-4-2-3-15(11-17)20(25)23-13-14-5-10-19(22-12-14)28-18-8-6-16(21)7-9-18/h2-12,24H,13H2,1H3,(H,23,25). The van der Waals surface area contributed by atoms with Gasteiger partial charge in [0.25, 0.3) is 5.91 Å². The second kappa shape index (κ2) is 8.70. The van der Waals surface area contributed by atoms with E-state index in [0.717, 1.165) is 11.8 Å². The van der Waals surface area contributed by atoms with Crippen molar-refractivity contribution in [3.05, 3.63) is 83.8 Å². The molecule has 0 aliphatic rings. The van der Waals surface area contributed by atoms with E-state index in [2.05, 4.69) is 15.0 Å². The Labute approximate surface area is 167 Å². The van der Waals surface area contributed by atoms with Crippen LogP contribution in [0.1, 0.15) is 15.9 Å². The van der Waals surface area contributed by atoms with Crippen molar-refractivity contribution in [2.45, 2.75) is 6.54 Å². The number of carbonyl (C=O) groups excluding carboxylic acids is 1. The Kier molecular flexibility index (Phi) is 6.08. The van der Waals surface area contributed by atoms with Gasteiger partial charge in [-0.3, -0.25) is 9.52 Å². The Morgan fingerprint density at radius 3 is 2.52 bits per heavy atom. The van der Waals surface area contributed by atoms with E-state index >= 15 is 0 Å². The van der Waals surface area contributed by atoms with Crippen LogP contribution >= 0.6 is 0 Å². The molecule has 0 atom stereocenters. The first kappa shape index (κ1) is 20.3. The molecule has 3 aromatic rings. The van der Waals surface area contributed by atoms with Gasteiger partial charge in [0.05, 0.1) is 6.26 Å². The van der Waals surface area contributed by atoms with E-state index in [1.54, 1.807) is 36.5 Å². The highest BCUT2D eigenvalue weighted by Crippen LogP contribution is 2.19. The van der Waals surface area contributed by atoms with Crippen molar-refractivity contribution in [2.75, 3.05) is 11.0 Å². The third-order valence-corrected chi connectivity index (χ3v) is 4.32. The van der Waals surface area contributed by atoms with Crippen LogP contribution in [-0.4, -0.2) is 25.6 Å². The van der Waals surface area contributed by atoms with Gasteiger partial charge in [-0.25, -0.2) is 17.8 Å². The van der Waals surface area contributed by atoms with Crippen molar-refractivity contribution >= 4 is 21.6 Å². The molecule has 0 saturated heterocycles. The summed E-state index contributed by atoms with van der Waals surface area (Å²) in [5.41, 5.74) is 1.38. The summed E-state index contributed by atoms with van der Waals surface area (Å²) in [4.78, 5) is 16.5. The minimum Gasteiger partial charge on any atom is -0.439 e. The molecule has 9 heteroatoms. The van der Waals surface area contributed by atoms with Gasteiger partial charge in [-0.2, -0.15) is 0 Å². The minimum atomic E-state index is -3.42. The SMILES string of the molecule is CS(=O)(=O)Nc1cccc(C(=O)NCc2ccc(Oc3ccc(F)cc3)nc2)c1. The average Bonchev–Trinajstić information content (AvgIpc) is 2.68. The molecule has 2 N–H and O–H groups in total. The number of amides is 1. The van der Waals surface area contributed by atoms with Crippen LogP contribution in [0.2, 0.25) is 0 Å². The summed E-state index contributed by atoms with van der Waals surface area (Å²) in [5, 5.41) is 2.74. The number of halogens is 1. The van der Waals surface area contributed by atoms with Gasteiger partial charge in [0.15, 0.2) is 0 Å². The van der Waals surface area contributed by atoms with Crippen LogP contribution in [0, 0.1) is 5.82 Å². The molecule has 0 fully saturated rings. The molecule has 29 heavy (non-hydrogen) atoms. The van der Waals surface area contributed by atoms with Gasteiger partial charge in [-0.05, 0) is 48.0 Å². The van der Waals surface area contributed by atoms with Crippen LogP contribution in [0.3, 0.4) is 0 Å². The molecule has 0 aliphatic heterocycles. The third-order valence-electron chi connectivity index (χ3n) is 3.71. The van der Waals surface area contributed by atoms with E-state index in [-0.39, 0.29) is 18.3 Å². The zero-order valence-corrected chi connectivity index (χ0v) is 16.2. The third kappa shape index (κ3) is 6.28. The maximum absolute atomic E-state index is 12.9. The number of sulfonamides is 1. The number of nitrogens with one attached hydrogen (secondary N) is 2. The second-order valence-electron chi connectivity index (χ2n) is 6.20. The predicted octanol–water partition coefficient (Wildman–Crippen LogP) is 3.31. The quantitative estimate of drug-likeness (QED) is 0.617. The van der Waals surface area contributed by atoms with E-state index in [9.17, 15) is 17.6 Å². The molecule has 0 bridgehead atoms. The Balaban J connectivity index is 1.57. The Morgan fingerprint density at radius 1 is 1.10 bits per heavy atom. The zero-order chi connectivity index (χ0) is 20.9. The number of aromatic nitrogens is 1. The predicted molar refractivity (Wildman–Crippen MR) is 107 cm³/mol. The topological polar surface area (TPSA) is 97.4 Å². The van der Waals surface area contributed by atoms with Gasteiger partial charge in [0.2, 0.25) is 15.9 Å². The van der Waals surface area contributed by atoms with E-state index in [0.29, 0.717) is 22.9 Å². The first-order chi connectivity index (χ1) is 13.8. The number of rotatable bonds is 7. The molecule has 0 radical (unpaired) electrons. The fourth-order valence-electron chi connectivity index (χ4n) is 2.42. The second-order valence-corrected chi connectivity index (χ2v) is 7.95. The van der Waals surface area contributed by atoms with Crippen molar-refractivity contribution in [1.29, 1.82) is 0 Å². The molecule has 1 aromatic heterocycles. The first-order valence-electron chi connectivity index (χ1n) is 8.53. The van der Waals surface area contributed by atoms with Gasteiger partial charge >= 0.3 is 0 Å². The lowest BCUT2D eigenvalue weighted by Crippen LogP contribution is -2.23. The van der Waals surface area contributed by atoms with E-state index in [1.807, 2.05) is 0 Å². The van der Waals surface area contributed by atoms with Crippen LogP contribution in [0.4, 0.5) is 10.1 Å². The van der Waals surface area contributed by atoms with Gasteiger partial charge in [0.1, 0.15) is 11.6 Å². The number of ether oxygens (including phenoxy) is 1. The molecular formula is C20H18FN3O4S. The summed E-state index contributed by atoms with van der Waals surface area (Å²) >= 11 is 0. The smallest absolute Gasteiger partial charge is 0.251 e. The van der Waals surface area contributed by atoms with Gasteiger partial charge in [-0.15, -0.1) is 0 Å². The monoisotopic (exact) mass is 415 g/mol. The highest BCUT2D eigenvalue weighted by molar-refractivity contribution is 7.92. The first-order valence-corrected chi connectivity index (χ1v) is 10.4. The number of carbonyl (C=O) groups is 1. The molecule has 0 aliphatic carbocycles. The van der Waals surface area contributed by atoms with Crippen LogP contribution in [-0.2, 0) is 16.6 Å². The highest BCUT2D eigenvalue weighted by Gasteiger charge is 2.09. The number of pyridine rings is 1. The van der Waals surface area contributed by atoms with Crippen molar-refractivity contribution in [2.24, 2.45) is 0 Å². The van der Waals surface area contributed by atoms with Crippen molar-refractivity contribution in [3.63, 3.8) is 0 Å². The number of hydrogen-bond acceptors (Lipinski definition) is 5. The van der Waals surface area contributed by atoms with Gasteiger partial charge < -0.3 is 10.1 Å². The Bertz CT molecular complexity index is 1100. The normalized spacial score (nSPS) is 11.0. The molecule has 0 unspecified atom stereocenters. The number of anilines is 1. The highest BCUT2D eigenvalue weighted by atomic mass is 32.2. The molecule has 1 amide bonds. The van der Waals surface area contributed by atoms with Crippen molar-refractivity contribution < 1.29 is 22.3 Å². The zero-order valence-electron chi connectivity index (χ0n) is 15.4. The molecule has 3 rings (SSSR count). The molecule has 150 valence electrons. The van der Waals surface area contributed by atoms with Crippen LogP contribution < -0.4 is 14.8 Å². The number of benzene rings is 2. The van der Waals surface area contributed by atoms with Crippen molar-refractivity contribution in [3.8, 4) is 11.6 Å². The van der Waals surface area contributed by atoms with Crippen LogP contribution in [0.15, 0.2) is 66.9 Å². The molecule has 1 heterocycles. The summed E-state index contributed by atoms with van der Waals surface area (Å²) in [6.45, 7) is 0.229. The van der Waals surface area contributed by atoms with Crippen LogP contribution in [0.25, 0.3) is 0 Å². The lowest BCUT2D eigenvalue weighted by Gasteiger charge is -2.09. The number of hydrogen-bond donors (Lipinski definition) is 2. The fraction of sp³-hybridized carbons (Fsp3) is 0.100. The molecule has 7 nitrogen and oxygen atoms in total. The molecule has 2 aromatic carbocycles. The lowest BCUT2D eigenvalue weighted by molar-refractivity contribution is 0.0951. The molecule has 0 saturated carbocycles. The van der Waals surface area contributed by atoms with E-state index < -0.39 is 10.0 Å². The minimum absolute atomic E-state index is 0.229. The summed E-state index contributed by atoms with van der Waals surface area (Å²) < 4.78 is 43.4. The van der Waals surface area contributed by atoms with E-state index in [4.69, 9.17) is 4.74 Å². The largest absolute Gasteiger partial charge is 0.439 e. The average molecular weight is 415 g/mol.